The highest BCUT2D eigenvalue weighted by atomic mass is 15.0. The molecule has 0 atom stereocenters. The maximum absolute atomic E-state index is 5.13. The minimum Gasteiger partial charge on any atom is -0.309 e. The van der Waals surface area contributed by atoms with E-state index in [1.807, 2.05) is 18.6 Å². The zero-order valence-corrected chi connectivity index (χ0v) is 29.1. The highest BCUT2D eigenvalue weighted by Gasteiger charge is 2.24. The smallest absolute Gasteiger partial charge is 0.0781 e. The number of aromatic nitrogens is 4. The Morgan fingerprint density at radius 3 is 1.70 bits per heavy atom. The predicted octanol–water partition coefficient (Wildman–Crippen LogP) is 12.8. The van der Waals surface area contributed by atoms with Crippen LogP contribution in [0.3, 0.4) is 0 Å². The largest absolute Gasteiger partial charge is 0.309 e. The number of benzene rings is 7. The lowest BCUT2D eigenvalue weighted by molar-refractivity contribution is 1.18. The Morgan fingerprint density at radius 2 is 0.963 bits per heavy atom. The van der Waals surface area contributed by atoms with Crippen LogP contribution in [0.15, 0.2) is 182 Å². The summed E-state index contributed by atoms with van der Waals surface area (Å²) in [6.07, 6.45) is 5.89. The lowest BCUT2D eigenvalue weighted by atomic mass is 9.98. The summed E-state index contributed by atoms with van der Waals surface area (Å²) in [4.78, 5) is 9.57. The standard InChI is InChI=1S/C50H30N4/c1-3-10-34(11-4-1)53-45-17-8-7-14-37(45)41-26-31(19-22-46(41)53)32-20-23-47-42(27-32)38-21-18-33(28-48(38)54(47)35-12-5-2-6-13-35)50-40-16-9-15-39-43-29-51-25-24-36(43)44(30-52-50)49(39)40/h1-30H. The molecule has 1 aliphatic rings. The molecule has 0 aliphatic heterocycles. The third kappa shape index (κ3) is 4.08. The molecule has 4 heteroatoms. The van der Waals surface area contributed by atoms with Gasteiger partial charge in [-0.25, -0.2) is 0 Å². The van der Waals surface area contributed by atoms with Crippen LogP contribution in [0.4, 0.5) is 0 Å². The zero-order valence-electron chi connectivity index (χ0n) is 29.1. The van der Waals surface area contributed by atoms with Crippen molar-refractivity contribution in [2.24, 2.45) is 0 Å². The molecule has 4 nitrogen and oxygen atoms in total. The van der Waals surface area contributed by atoms with Gasteiger partial charge in [-0.1, -0.05) is 97.1 Å². The van der Waals surface area contributed by atoms with E-state index in [0.717, 1.165) is 27.8 Å². The van der Waals surface area contributed by atoms with Gasteiger partial charge in [0, 0.05) is 79.0 Å². The summed E-state index contributed by atoms with van der Waals surface area (Å²) in [7, 11) is 0. The molecule has 0 saturated heterocycles. The summed E-state index contributed by atoms with van der Waals surface area (Å²) in [5, 5.41) is 7.36. The maximum Gasteiger partial charge on any atom is 0.0781 e. The van der Waals surface area contributed by atoms with Crippen molar-refractivity contribution in [2.75, 3.05) is 0 Å². The fraction of sp³-hybridized carbons (Fsp3) is 0. The second kappa shape index (κ2) is 11.1. The second-order valence-corrected chi connectivity index (χ2v) is 14.2. The van der Waals surface area contributed by atoms with Crippen molar-refractivity contribution in [2.45, 2.75) is 0 Å². The van der Waals surface area contributed by atoms with Crippen molar-refractivity contribution in [3.05, 3.63) is 182 Å². The number of fused-ring (bicyclic) bond motifs is 9. The molecule has 0 radical (unpaired) electrons. The first kappa shape index (κ1) is 29.3. The molecule has 0 amide bonds. The number of para-hydroxylation sites is 3. The summed E-state index contributed by atoms with van der Waals surface area (Å²) in [6.45, 7) is 0. The predicted molar refractivity (Wildman–Crippen MR) is 224 cm³/mol. The molecule has 7 aromatic carbocycles. The molecular formula is C50H30N4. The van der Waals surface area contributed by atoms with Crippen LogP contribution in [0.25, 0.3) is 110 Å². The lowest BCUT2D eigenvalue weighted by Gasteiger charge is -2.11. The van der Waals surface area contributed by atoms with Crippen molar-refractivity contribution in [1.29, 1.82) is 0 Å². The fourth-order valence-electron chi connectivity index (χ4n) is 9.02. The minimum atomic E-state index is 0.992. The molecule has 0 fully saturated rings. The van der Waals surface area contributed by atoms with E-state index in [1.54, 1.807) is 0 Å². The summed E-state index contributed by atoms with van der Waals surface area (Å²) < 4.78 is 4.77. The zero-order chi connectivity index (χ0) is 35.3. The molecule has 0 saturated carbocycles. The van der Waals surface area contributed by atoms with Crippen LogP contribution in [0.5, 0.6) is 0 Å². The Bertz CT molecular complexity index is 3290. The topological polar surface area (TPSA) is 35.6 Å². The van der Waals surface area contributed by atoms with Gasteiger partial charge in [-0.15, -0.1) is 0 Å². The van der Waals surface area contributed by atoms with Crippen LogP contribution in [0.2, 0.25) is 0 Å². The molecular weight excluding hydrogens is 657 g/mol. The molecule has 11 aromatic rings. The molecule has 0 spiro atoms. The van der Waals surface area contributed by atoms with E-state index < -0.39 is 0 Å². The molecule has 4 aromatic heterocycles. The average Bonchev–Trinajstić information content (AvgIpc) is 3.87. The summed E-state index contributed by atoms with van der Waals surface area (Å²) >= 11 is 0. The summed E-state index contributed by atoms with van der Waals surface area (Å²) in [5.74, 6) is 0. The van der Waals surface area contributed by atoms with Crippen LogP contribution in [0, 0.1) is 0 Å². The highest BCUT2D eigenvalue weighted by molar-refractivity contribution is 6.18. The van der Waals surface area contributed by atoms with Crippen molar-refractivity contribution in [3.8, 4) is 56.0 Å². The van der Waals surface area contributed by atoms with Crippen LogP contribution >= 0.6 is 0 Å². The van der Waals surface area contributed by atoms with Gasteiger partial charge in [-0.2, -0.15) is 0 Å². The van der Waals surface area contributed by atoms with E-state index in [-0.39, 0.29) is 0 Å². The van der Waals surface area contributed by atoms with E-state index in [0.29, 0.717) is 0 Å². The normalized spacial score (nSPS) is 12.1. The molecule has 0 bridgehead atoms. The fourth-order valence-corrected chi connectivity index (χ4v) is 9.02. The minimum absolute atomic E-state index is 0.992. The van der Waals surface area contributed by atoms with Crippen molar-refractivity contribution < 1.29 is 0 Å². The van der Waals surface area contributed by atoms with Crippen molar-refractivity contribution in [3.63, 3.8) is 0 Å². The summed E-state index contributed by atoms with van der Waals surface area (Å²) in [6, 6.07) is 59.4. The summed E-state index contributed by atoms with van der Waals surface area (Å²) in [5.41, 5.74) is 16.3. The molecule has 54 heavy (non-hydrogen) atoms. The van der Waals surface area contributed by atoms with Gasteiger partial charge in [0.05, 0.1) is 27.8 Å². The Kier molecular flexibility index (Phi) is 6.02. The number of hydrogen-bond donors (Lipinski definition) is 0. The first-order valence-corrected chi connectivity index (χ1v) is 18.4. The van der Waals surface area contributed by atoms with Crippen molar-refractivity contribution >= 4 is 54.4 Å². The monoisotopic (exact) mass is 686 g/mol. The van der Waals surface area contributed by atoms with E-state index in [2.05, 4.69) is 178 Å². The third-order valence-corrected chi connectivity index (χ3v) is 11.4. The molecule has 0 N–H and O–H groups in total. The first-order chi connectivity index (χ1) is 26.8. The van der Waals surface area contributed by atoms with Crippen molar-refractivity contribution in [1.82, 2.24) is 19.1 Å². The first-order valence-electron chi connectivity index (χ1n) is 18.4. The van der Waals surface area contributed by atoms with Gasteiger partial charge in [0.25, 0.3) is 0 Å². The van der Waals surface area contributed by atoms with E-state index in [9.17, 15) is 0 Å². The lowest BCUT2D eigenvalue weighted by Crippen LogP contribution is -1.94. The molecule has 4 heterocycles. The molecule has 250 valence electrons. The van der Waals surface area contributed by atoms with Gasteiger partial charge in [-0.3, -0.25) is 9.97 Å². The third-order valence-electron chi connectivity index (χ3n) is 11.4. The Morgan fingerprint density at radius 1 is 0.352 bits per heavy atom. The second-order valence-electron chi connectivity index (χ2n) is 14.2. The Labute approximate surface area is 310 Å². The quantitative estimate of drug-likeness (QED) is 0.185. The van der Waals surface area contributed by atoms with Crippen LogP contribution in [-0.2, 0) is 0 Å². The molecule has 1 aliphatic carbocycles. The van der Waals surface area contributed by atoms with Gasteiger partial charge in [-0.05, 0) is 89.0 Å². The Hall–Kier alpha value is -7.30. The van der Waals surface area contributed by atoms with Crippen LogP contribution < -0.4 is 0 Å². The SMILES string of the molecule is c1ccc(-n2c3ccccc3c3cc(-c4ccc5c(c4)c4ccc(-c6ncc7c8c(cccc68)-c6cnccc6-7)cc4n5-c4ccccc4)ccc32)cc1. The average molecular weight is 687 g/mol. The maximum atomic E-state index is 5.13. The van der Waals surface area contributed by atoms with Gasteiger partial charge in [0.2, 0.25) is 0 Å². The number of pyridine rings is 2. The number of rotatable bonds is 4. The van der Waals surface area contributed by atoms with Crippen LogP contribution in [-0.4, -0.2) is 19.1 Å². The van der Waals surface area contributed by atoms with E-state index in [4.69, 9.17) is 4.98 Å². The van der Waals surface area contributed by atoms with Crippen LogP contribution in [0.1, 0.15) is 0 Å². The number of hydrogen-bond acceptors (Lipinski definition) is 2. The molecule has 12 rings (SSSR count). The van der Waals surface area contributed by atoms with E-state index >= 15 is 0 Å². The van der Waals surface area contributed by atoms with Gasteiger partial charge >= 0.3 is 0 Å². The van der Waals surface area contributed by atoms with Gasteiger partial charge in [0.1, 0.15) is 0 Å². The Balaban J connectivity index is 1.06. The van der Waals surface area contributed by atoms with E-state index in [1.165, 1.54) is 82.5 Å². The van der Waals surface area contributed by atoms with Gasteiger partial charge < -0.3 is 9.13 Å². The number of nitrogens with zero attached hydrogens (tertiary/aromatic N) is 4. The highest BCUT2D eigenvalue weighted by Crippen LogP contribution is 2.48. The van der Waals surface area contributed by atoms with Gasteiger partial charge in [0.15, 0.2) is 0 Å². The molecule has 0 unspecified atom stereocenters.